The van der Waals surface area contributed by atoms with Crippen LogP contribution in [0.25, 0.3) is 11.1 Å². The molecule has 2 aliphatic carbocycles. The summed E-state index contributed by atoms with van der Waals surface area (Å²) < 4.78 is 13.2. The summed E-state index contributed by atoms with van der Waals surface area (Å²) in [6, 6.07) is 11.0. The van der Waals surface area contributed by atoms with Gasteiger partial charge in [-0.1, -0.05) is 12.1 Å². The first-order chi connectivity index (χ1) is 10.3. The van der Waals surface area contributed by atoms with Crippen molar-refractivity contribution >= 4 is 6.29 Å². The standard InChI is InChI=1S/C19H17FO/c20-16-7-5-14(6-8-16)19-10-17(12-1-2-12)15(11-21)9-18(19)13-3-4-13/h5-13H,1-4H2. The van der Waals surface area contributed by atoms with E-state index in [0.717, 1.165) is 17.4 Å². The third-order valence-electron chi connectivity index (χ3n) is 4.57. The van der Waals surface area contributed by atoms with Crippen molar-refractivity contribution in [1.82, 2.24) is 0 Å². The van der Waals surface area contributed by atoms with Gasteiger partial charge < -0.3 is 0 Å². The van der Waals surface area contributed by atoms with Gasteiger partial charge in [0.1, 0.15) is 12.1 Å². The van der Waals surface area contributed by atoms with Crippen LogP contribution < -0.4 is 0 Å². The molecule has 0 radical (unpaired) electrons. The van der Waals surface area contributed by atoms with Gasteiger partial charge >= 0.3 is 0 Å². The van der Waals surface area contributed by atoms with Crippen molar-refractivity contribution < 1.29 is 9.18 Å². The second kappa shape index (κ2) is 4.80. The number of hydrogen-bond acceptors (Lipinski definition) is 1. The first kappa shape index (κ1) is 12.8. The molecule has 0 saturated heterocycles. The van der Waals surface area contributed by atoms with E-state index in [1.165, 1.54) is 54.5 Å². The first-order valence-electron chi connectivity index (χ1n) is 7.65. The van der Waals surface area contributed by atoms with Crippen molar-refractivity contribution in [3.8, 4) is 11.1 Å². The molecule has 2 fully saturated rings. The Balaban J connectivity index is 1.88. The summed E-state index contributed by atoms with van der Waals surface area (Å²) in [5.41, 5.74) is 5.52. The van der Waals surface area contributed by atoms with Crippen LogP contribution in [-0.4, -0.2) is 6.29 Å². The van der Waals surface area contributed by atoms with Crippen LogP contribution in [0.3, 0.4) is 0 Å². The second-order valence-electron chi connectivity index (χ2n) is 6.24. The van der Waals surface area contributed by atoms with Crippen LogP contribution in [0.15, 0.2) is 36.4 Å². The van der Waals surface area contributed by atoms with Gasteiger partial charge in [-0.05, 0) is 84.0 Å². The average Bonchev–Trinajstić information content (AvgIpc) is 3.40. The molecule has 4 rings (SSSR count). The predicted octanol–water partition coefficient (Wildman–Crippen LogP) is 5.06. The van der Waals surface area contributed by atoms with E-state index in [4.69, 9.17) is 0 Å². The van der Waals surface area contributed by atoms with Gasteiger partial charge in [0.2, 0.25) is 0 Å². The fourth-order valence-corrected chi connectivity index (χ4v) is 3.11. The topological polar surface area (TPSA) is 17.1 Å². The Hall–Kier alpha value is -1.96. The number of carbonyl (C=O) groups excluding carboxylic acids is 1. The molecular weight excluding hydrogens is 263 g/mol. The summed E-state index contributed by atoms with van der Waals surface area (Å²) in [5, 5.41) is 0. The molecule has 0 spiro atoms. The van der Waals surface area contributed by atoms with Crippen LogP contribution in [0, 0.1) is 5.82 Å². The van der Waals surface area contributed by atoms with Crippen LogP contribution >= 0.6 is 0 Å². The molecule has 0 heterocycles. The quantitative estimate of drug-likeness (QED) is 0.715. The summed E-state index contributed by atoms with van der Waals surface area (Å²) in [5.74, 6) is 0.897. The van der Waals surface area contributed by atoms with Crippen molar-refractivity contribution in [2.45, 2.75) is 37.5 Å². The summed E-state index contributed by atoms with van der Waals surface area (Å²) in [7, 11) is 0. The molecule has 2 saturated carbocycles. The second-order valence-corrected chi connectivity index (χ2v) is 6.24. The molecule has 2 aromatic rings. The van der Waals surface area contributed by atoms with E-state index in [1.54, 1.807) is 0 Å². The van der Waals surface area contributed by atoms with Crippen LogP contribution in [0.1, 0.15) is 59.0 Å². The first-order valence-corrected chi connectivity index (χ1v) is 7.65. The maximum Gasteiger partial charge on any atom is 0.150 e. The van der Waals surface area contributed by atoms with Crippen LogP contribution in [0.2, 0.25) is 0 Å². The molecular formula is C19H17FO. The smallest absolute Gasteiger partial charge is 0.150 e. The number of rotatable bonds is 4. The molecule has 2 heteroatoms. The molecule has 1 nitrogen and oxygen atoms in total. The minimum Gasteiger partial charge on any atom is -0.298 e. The number of carbonyl (C=O) groups is 1. The Labute approximate surface area is 123 Å². The minimum absolute atomic E-state index is 0.210. The fourth-order valence-electron chi connectivity index (χ4n) is 3.11. The maximum absolute atomic E-state index is 13.2. The van der Waals surface area contributed by atoms with E-state index in [2.05, 4.69) is 12.1 Å². The van der Waals surface area contributed by atoms with E-state index in [-0.39, 0.29) is 5.82 Å². The van der Waals surface area contributed by atoms with Gasteiger partial charge in [-0.15, -0.1) is 0 Å². The Morgan fingerprint density at radius 3 is 2.10 bits per heavy atom. The van der Waals surface area contributed by atoms with Gasteiger partial charge in [0, 0.05) is 5.56 Å². The van der Waals surface area contributed by atoms with Gasteiger partial charge in [0.15, 0.2) is 0 Å². The highest BCUT2D eigenvalue weighted by atomic mass is 19.1. The Kier molecular flexibility index (Phi) is 2.91. The third kappa shape index (κ3) is 2.39. The zero-order chi connectivity index (χ0) is 14.4. The van der Waals surface area contributed by atoms with Gasteiger partial charge in [-0.25, -0.2) is 4.39 Å². The summed E-state index contributed by atoms with van der Waals surface area (Å²) in [6.07, 6.45) is 5.72. The van der Waals surface area contributed by atoms with Crippen molar-refractivity contribution in [2.24, 2.45) is 0 Å². The lowest BCUT2D eigenvalue weighted by Gasteiger charge is -2.14. The van der Waals surface area contributed by atoms with Crippen molar-refractivity contribution in [3.05, 3.63) is 58.9 Å². The SMILES string of the molecule is O=Cc1cc(C2CC2)c(-c2ccc(F)cc2)cc1C1CC1. The van der Waals surface area contributed by atoms with Crippen molar-refractivity contribution in [2.75, 3.05) is 0 Å². The highest BCUT2D eigenvalue weighted by Gasteiger charge is 2.31. The Morgan fingerprint density at radius 1 is 0.905 bits per heavy atom. The number of hydrogen-bond donors (Lipinski definition) is 0. The van der Waals surface area contributed by atoms with E-state index in [1.807, 2.05) is 12.1 Å². The molecule has 2 aromatic carbocycles. The van der Waals surface area contributed by atoms with Crippen LogP contribution in [0.5, 0.6) is 0 Å². The highest BCUT2D eigenvalue weighted by Crippen LogP contribution is 2.48. The molecule has 0 atom stereocenters. The van der Waals surface area contributed by atoms with Gasteiger partial charge in [-0.2, -0.15) is 0 Å². The Morgan fingerprint density at radius 2 is 1.52 bits per heavy atom. The summed E-state index contributed by atoms with van der Waals surface area (Å²) in [6.45, 7) is 0. The normalized spacial score (nSPS) is 17.8. The largest absolute Gasteiger partial charge is 0.298 e. The number of aldehydes is 1. The minimum atomic E-state index is -0.210. The van der Waals surface area contributed by atoms with E-state index >= 15 is 0 Å². The van der Waals surface area contributed by atoms with Gasteiger partial charge in [0.05, 0.1) is 0 Å². The van der Waals surface area contributed by atoms with E-state index in [9.17, 15) is 9.18 Å². The number of benzene rings is 2. The summed E-state index contributed by atoms with van der Waals surface area (Å²) >= 11 is 0. The molecule has 21 heavy (non-hydrogen) atoms. The van der Waals surface area contributed by atoms with Gasteiger partial charge in [0.25, 0.3) is 0 Å². The molecule has 0 bridgehead atoms. The molecule has 0 unspecified atom stereocenters. The lowest BCUT2D eigenvalue weighted by Crippen LogP contribution is -1.97. The number of halogens is 1. The maximum atomic E-state index is 13.2. The summed E-state index contributed by atoms with van der Waals surface area (Å²) in [4.78, 5) is 11.4. The molecule has 106 valence electrons. The zero-order valence-electron chi connectivity index (χ0n) is 11.8. The van der Waals surface area contributed by atoms with Crippen LogP contribution in [-0.2, 0) is 0 Å². The molecule has 0 N–H and O–H groups in total. The lowest BCUT2D eigenvalue weighted by molar-refractivity contribution is 0.112. The van der Waals surface area contributed by atoms with Crippen molar-refractivity contribution in [3.63, 3.8) is 0 Å². The highest BCUT2D eigenvalue weighted by molar-refractivity contribution is 5.82. The Bertz CT molecular complexity index is 694. The molecule has 2 aliphatic rings. The molecule has 0 amide bonds. The average molecular weight is 280 g/mol. The predicted molar refractivity (Wildman–Crippen MR) is 81.2 cm³/mol. The lowest BCUT2D eigenvalue weighted by atomic mass is 9.90. The monoisotopic (exact) mass is 280 g/mol. The zero-order valence-corrected chi connectivity index (χ0v) is 11.8. The van der Waals surface area contributed by atoms with Gasteiger partial charge in [-0.3, -0.25) is 4.79 Å². The van der Waals surface area contributed by atoms with E-state index < -0.39 is 0 Å². The molecule has 0 aliphatic heterocycles. The van der Waals surface area contributed by atoms with E-state index in [0.29, 0.717) is 11.8 Å². The molecule has 0 aromatic heterocycles. The third-order valence-corrected chi connectivity index (χ3v) is 4.57. The van der Waals surface area contributed by atoms with Crippen molar-refractivity contribution in [1.29, 1.82) is 0 Å². The fraction of sp³-hybridized carbons (Fsp3) is 0.316. The van der Waals surface area contributed by atoms with Crippen LogP contribution in [0.4, 0.5) is 4.39 Å².